The Labute approximate surface area is 262 Å². The van der Waals surface area contributed by atoms with Gasteiger partial charge in [-0.3, -0.25) is 0 Å². The molecule has 0 amide bonds. The molecule has 6 fully saturated rings. The van der Waals surface area contributed by atoms with Gasteiger partial charge in [0.1, 0.15) is 36.6 Å². The molecule has 8 nitrogen and oxygen atoms in total. The molecule has 0 radical (unpaired) electrons. The summed E-state index contributed by atoms with van der Waals surface area (Å²) in [5.74, 6) is -0.0863. The molecule has 9 atom stereocenters. The highest BCUT2D eigenvalue weighted by Crippen LogP contribution is 2.52. The van der Waals surface area contributed by atoms with E-state index in [1.807, 2.05) is 30.3 Å². The third kappa shape index (κ3) is 6.18. The van der Waals surface area contributed by atoms with Gasteiger partial charge in [-0.05, 0) is 61.8 Å². The predicted molar refractivity (Wildman–Crippen MR) is 163 cm³/mol. The fourth-order valence-corrected chi connectivity index (χ4v) is 8.96. The van der Waals surface area contributed by atoms with Crippen molar-refractivity contribution >= 4 is 6.16 Å². The smallest absolute Gasteiger partial charge is 0.431 e. The summed E-state index contributed by atoms with van der Waals surface area (Å²) < 4.78 is 46.7. The summed E-state index contributed by atoms with van der Waals surface area (Å²) >= 11 is 0. The number of hydrogen-bond donors (Lipinski definition) is 0. The van der Waals surface area contributed by atoms with E-state index < -0.39 is 48.2 Å². The van der Waals surface area contributed by atoms with E-state index in [4.69, 9.17) is 33.2 Å². The maximum absolute atomic E-state index is 13.7. The minimum absolute atomic E-state index is 0.163. The van der Waals surface area contributed by atoms with Gasteiger partial charge in [-0.15, -0.1) is 0 Å². The molecule has 2 aliphatic heterocycles. The number of fused-ring (bicyclic) bond motifs is 3. The number of ether oxygens (including phenoxy) is 7. The maximum Gasteiger partial charge on any atom is 0.509 e. The van der Waals surface area contributed by atoms with Gasteiger partial charge in [0.2, 0.25) is 0 Å². The standard InChI is InChI=1S/C36H52O8/c1-23(2)26-16-15-24(3)21-27(26)39-34(37)40-29-28(38-22-25-13-7-4-8-14-25)30-32(43-35(41-30)17-9-5-10-18-35)33-31(29)42-36(44-33)19-11-6-12-20-36/h4,7-8,13-14,23-24,26-33H,5-6,9-12,15-22H2,1-3H3. The zero-order chi connectivity index (χ0) is 30.3. The van der Waals surface area contributed by atoms with Gasteiger partial charge in [0.05, 0.1) is 6.61 Å². The first kappa shape index (κ1) is 30.9. The Kier molecular flexibility index (Phi) is 9.01. The van der Waals surface area contributed by atoms with Crippen LogP contribution < -0.4 is 0 Å². The topological polar surface area (TPSA) is 81.7 Å². The van der Waals surface area contributed by atoms with Crippen LogP contribution in [0.1, 0.15) is 110 Å². The number of hydrogen-bond acceptors (Lipinski definition) is 8. The molecule has 8 heteroatoms. The summed E-state index contributed by atoms with van der Waals surface area (Å²) in [5, 5.41) is 0. The van der Waals surface area contributed by atoms with Gasteiger partial charge in [0.25, 0.3) is 0 Å². The van der Waals surface area contributed by atoms with Crippen molar-refractivity contribution in [2.24, 2.45) is 17.8 Å². The van der Waals surface area contributed by atoms with Crippen LogP contribution in [0.5, 0.6) is 0 Å². The van der Waals surface area contributed by atoms with Crippen molar-refractivity contribution in [3.63, 3.8) is 0 Å². The first-order chi connectivity index (χ1) is 21.3. The van der Waals surface area contributed by atoms with Gasteiger partial charge in [-0.2, -0.15) is 0 Å². The number of benzene rings is 1. The predicted octanol–water partition coefficient (Wildman–Crippen LogP) is 7.46. The Bertz CT molecular complexity index is 1110. The summed E-state index contributed by atoms with van der Waals surface area (Å²) in [7, 11) is 0. The molecule has 6 aliphatic rings. The third-order valence-corrected chi connectivity index (χ3v) is 11.3. The first-order valence-electron chi connectivity index (χ1n) is 17.6. The molecule has 4 aliphatic carbocycles. The number of carbonyl (C=O) groups excluding carboxylic acids is 1. The lowest BCUT2D eigenvalue weighted by molar-refractivity contribution is -0.229. The van der Waals surface area contributed by atoms with Gasteiger partial charge in [0.15, 0.2) is 17.7 Å². The molecule has 4 saturated carbocycles. The normalized spacial score (nSPS) is 39.2. The summed E-state index contributed by atoms with van der Waals surface area (Å²) in [4.78, 5) is 13.7. The summed E-state index contributed by atoms with van der Waals surface area (Å²) in [6, 6.07) is 10.1. The minimum Gasteiger partial charge on any atom is -0.431 e. The van der Waals surface area contributed by atoms with Crippen LogP contribution in [0.25, 0.3) is 0 Å². The van der Waals surface area contributed by atoms with E-state index in [1.165, 1.54) is 12.8 Å². The van der Waals surface area contributed by atoms with Gasteiger partial charge < -0.3 is 33.2 Å². The molecule has 244 valence electrons. The molecule has 2 spiro atoms. The summed E-state index contributed by atoms with van der Waals surface area (Å²) in [6.07, 6.45) is 9.09. The van der Waals surface area contributed by atoms with Crippen molar-refractivity contribution in [1.29, 1.82) is 0 Å². The van der Waals surface area contributed by atoms with E-state index in [-0.39, 0.29) is 12.2 Å². The first-order valence-corrected chi connectivity index (χ1v) is 17.6. The van der Waals surface area contributed by atoms with E-state index in [0.717, 1.165) is 76.2 Å². The average molecular weight is 613 g/mol. The zero-order valence-electron chi connectivity index (χ0n) is 26.8. The Morgan fingerprint density at radius 2 is 1.34 bits per heavy atom. The Hall–Kier alpha value is -1.71. The highest BCUT2D eigenvalue weighted by Gasteiger charge is 2.67. The minimum atomic E-state index is -0.750. The van der Waals surface area contributed by atoms with E-state index in [0.29, 0.717) is 24.4 Å². The SMILES string of the molecule is CC1CCC(C(C)C)C(OC(=O)OC2C(OCc3ccccc3)C3OC4(CCCCC4)OC3C3OC4(CCCCC4)OC23)C1. The van der Waals surface area contributed by atoms with Crippen LogP contribution >= 0.6 is 0 Å². The fourth-order valence-electron chi connectivity index (χ4n) is 8.96. The molecule has 0 N–H and O–H groups in total. The lowest BCUT2D eigenvalue weighted by Crippen LogP contribution is -2.63. The molecule has 9 unspecified atom stereocenters. The summed E-state index contributed by atoms with van der Waals surface area (Å²) in [6.45, 7) is 7.03. The lowest BCUT2D eigenvalue weighted by Gasteiger charge is -2.42. The second-order valence-electron chi connectivity index (χ2n) is 14.8. The number of carbonyl (C=O) groups is 1. The molecule has 44 heavy (non-hydrogen) atoms. The lowest BCUT2D eigenvalue weighted by atomic mass is 9.75. The van der Waals surface area contributed by atoms with Crippen molar-refractivity contribution in [2.75, 3.05) is 0 Å². The molecule has 2 heterocycles. The van der Waals surface area contributed by atoms with Crippen molar-refractivity contribution in [3.8, 4) is 0 Å². The number of rotatable bonds is 6. The third-order valence-electron chi connectivity index (χ3n) is 11.3. The van der Waals surface area contributed by atoms with Gasteiger partial charge >= 0.3 is 6.16 Å². The molecule has 0 aromatic heterocycles. The van der Waals surface area contributed by atoms with Crippen LogP contribution in [0.2, 0.25) is 0 Å². The molecule has 1 aromatic carbocycles. The summed E-state index contributed by atoms with van der Waals surface area (Å²) in [5.41, 5.74) is 1.04. The second kappa shape index (κ2) is 12.8. The monoisotopic (exact) mass is 612 g/mol. The Morgan fingerprint density at radius 3 is 1.93 bits per heavy atom. The van der Waals surface area contributed by atoms with Crippen LogP contribution in [0.4, 0.5) is 4.79 Å². The van der Waals surface area contributed by atoms with Gasteiger partial charge in [0, 0.05) is 25.7 Å². The highest BCUT2D eigenvalue weighted by molar-refractivity contribution is 5.60. The van der Waals surface area contributed by atoms with E-state index in [2.05, 4.69) is 20.8 Å². The van der Waals surface area contributed by atoms with Crippen LogP contribution in [0, 0.1) is 17.8 Å². The fraction of sp³-hybridized carbons (Fsp3) is 0.806. The Morgan fingerprint density at radius 1 is 0.773 bits per heavy atom. The zero-order valence-corrected chi connectivity index (χ0v) is 26.8. The quantitative estimate of drug-likeness (QED) is 0.306. The molecular weight excluding hydrogens is 560 g/mol. The van der Waals surface area contributed by atoms with Gasteiger partial charge in [-0.25, -0.2) is 4.79 Å². The van der Waals surface area contributed by atoms with Crippen molar-refractivity contribution in [2.45, 2.75) is 165 Å². The molecule has 2 saturated heterocycles. The van der Waals surface area contributed by atoms with E-state index in [1.54, 1.807) is 0 Å². The maximum atomic E-state index is 13.7. The Balaban J connectivity index is 1.18. The van der Waals surface area contributed by atoms with Gasteiger partial charge in [-0.1, -0.05) is 70.4 Å². The molecule has 0 bridgehead atoms. The molecule has 1 aromatic rings. The van der Waals surface area contributed by atoms with Crippen LogP contribution in [-0.4, -0.2) is 60.5 Å². The van der Waals surface area contributed by atoms with Crippen molar-refractivity contribution in [1.82, 2.24) is 0 Å². The van der Waals surface area contributed by atoms with Crippen LogP contribution in [-0.2, 0) is 39.8 Å². The van der Waals surface area contributed by atoms with Crippen molar-refractivity contribution in [3.05, 3.63) is 35.9 Å². The average Bonchev–Trinajstić information content (AvgIpc) is 3.56. The second-order valence-corrected chi connectivity index (χ2v) is 14.8. The van der Waals surface area contributed by atoms with E-state index >= 15 is 0 Å². The van der Waals surface area contributed by atoms with Crippen LogP contribution in [0.3, 0.4) is 0 Å². The van der Waals surface area contributed by atoms with E-state index in [9.17, 15) is 4.79 Å². The molecular formula is C36H52O8. The van der Waals surface area contributed by atoms with Crippen molar-refractivity contribution < 1.29 is 38.0 Å². The van der Waals surface area contributed by atoms with Crippen LogP contribution in [0.15, 0.2) is 30.3 Å². The molecule has 7 rings (SSSR count). The highest BCUT2D eigenvalue weighted by atomic mass is 16.8. The largest absolute Gasteiger partial charge is 0.509 e.